The molecule has 20 heteroatoms. The number of carbonyl (C=O) groups excluding carboxylic acids is 4. The van der Waals surface area contributed by atoms with Gasteiger partial charge in [0.1, 0.15) is 36.2 Å². The Morgan fingerprint density at radius 3 is 1.16 bits per heavy atom. The van der Waals surface area contributed by atoms with Crippen LogP contribution in [0.1, 0.15) is 43.0 Å². The second kappa shape index (κ2) is 23.5. The van der Waals surface area contributed by atoms with Crippen LogP contribution in [0.5, 0.6) is 23.0 Å². The zero-order chi connectivity index (χ0) is 50.1. The summed E-state index contributed by atoms with van der Waals surface area (Å²) in [5.74, 6) is -2.61. The highest BCUT2D eigenvalue weighted by atomic mass is 19.4. The number of hydrogen-bond donors (Lipinski definition) is 4. The molecule has 6 rings (SSSR count). The van der Waals surface area contributed by atoms with Crippen LogP contribution < -0.4 is 41.9 Å². The molecule has 0 unspecified atom stereocenters. The van der Waals surface area contributed by atoms with Gasteiger partial charge in [0.15, 0.2) is 6.61 Å². The maximum absolute atomic E-state index is 12.2. The highest BCUT2D eigenvalue weighted by Gasteiger charge is 2.31. The molecule has 14 nitrogen and oxygen atoms in total. The van der Waals surface area contributed by atoms with Crippen molar-refractivity contribution in [1.82, 2.24) is 0 Å². The number of rotatable bonds is 15. The van der Waals surface area contributed by atoms with E-state index in [-0.39, 0.29) is 41.6 Å². The normalized spacial score (nSPS) is 11.3. The third-order valence-electron chi connectivity index (χ3n) is 8.66. The molecule has 0 radical (unpaired) electrons. The number of esters is 4. The molecule has 0 fully saturated rings. The number of alkyl halides is 6. The predicted octanol–water partition coefficient (Wildman–Crippen LogP) is 9.49. The van der Waals surface area contributed by atoms with Crippen LogP contribution in [-0.4, -0.2) is 43.0 Å². The van der Waals surface area contributed by atoms with Gasteiger partial charge in [0.25, 0.3) is 0 Å². The van der Waals surface area contributed by atoms with Crippen molar-refractivity contribution >= 4 is 58.8 Å². The largest absolute Gasteiger partial charge is 0.573 e. The summed E-state index contributed by atoms with van der Waals surface area (Å²) in [6.45, 7) is -1.40. The first-order chi connectivity index (χ1) is 32.6. The van der Waals surface area contributed by atoms with E-state index in [0.29, 0.717) is 45.0 Å². The van der Waals surface area contributed by atoms with Gasteiger partial charge in [-0.1, -0.05) is 24.3 Å². The lowest BCUT2D eigenvalue weighted by molar-refractivity contribution is -0.274. The van der Waals surface area contributed by atoms with Gasteiger partial charge < -0.3 is 51.4 Å². The zero-order valence-electron chi connectivity index (χ0n) is 35.8. The average Bonchev–Trinajstić information content (AvgIpc) is 3.28. The SMILES string of the molecule is Nc1cc(N)cc(COC(=O)/C=C/c2ccc(OC(=O)c3ccc(OC(F)(F)F)cc3)cc2)c1.Nc1cc(N)cc(COC(=O)/C=C/c2ccc(OC(=O)c3ccc(OCC(F)(F)F)cc3)cc2)c1. The number of carbonyl (C=O) groups is 4. The summed E-state index contributed by atoms with van der Waals surface area (Å²) in [5, 5.41) is 0. The van der Waals surface area contributed by atoms with Gasteiger partial charge in [-0.3, -0.25) is 0 Å². The van der Waals surface area contributed by atoms with Crippen LogP contribution >= 0.6 is 0 Å². The van der Waals surface area contributed by atoms with Crippen molar-refractivity contribution in [3.05, 3.63) is 179 Å². The highest BCUT2D eigenvalue weighted by molar-refractivity contribution is 5.92. The topological polar surface area (TPSA) is 228 Å². The third-order valence-corrected chi connectivity index (χ3v) is 8.66. The van der Waals surface area contributed by atoms with Crippen molar-refractivity contribution in [3.63, 3.8) is 0 Å². The molecular formula is C49H40F6N4O10. The molecule has 358 valence electrons. The smallest absolute Gasteiger partial charge is 0.484 e. The molecule has 0 saturated heterocycles. The summed E-state index contributed by atoms with van der Waals surface area (Å²) in [5.41, 5.74) is 27.5. The highest BCUT2D eigenvalue weighted by Crippen LogP contribution is 2.25. The van der Waals surface area contributed by atoms with Gasteiger partial charge in [0.2, 0.25) is 0 Å². The Balaban J connectivity index is 0.000000258. The van der Waals surface area contributed by atoms with Crippen molar-refractivity contribution < 1.29 is 73.9 Å². The van der Waals surface area contributed by atoms with Crippen molar-refractivity contribution in [3.8, 4) is 23.0 Å². The van der Waals surface area contributed by atoms with E-state index >= 15 is 0 Å². The van der Waals surface area contributed by atoms with Crippen LogP contribution in [0.2, 0.25) is 0 Å². The number of nitrogens with two attached hydrogens (primary N) is 4. The minimum absolute atomic E-state index is 0.0105. The van der Waals surface area contributed by atoms with E-state index in [9.17, 15) is 45.5 Å². The van der Waals surface area contributed by atoms with E-state index in [0.717, 1.165) is 24.3 Å². The molecule has 0 aliphatic carbocycles. The van der Waals surface area contributed by atoms with Gasteiger partial charge in [-0.05, 0) is 144 Å². The first-order valence-electron chi connectivity index (χ1n) is 19.9. The molecule has 0 spiro atoms. The van der Waals surface area contributed by atoms with Crippen LogP contribution in [-0.2, 0) is 32.3 Å². The number of anilines is 4. The summed E-state index contributed by atoms with van der Waals surface area (Å²) < 4.78 is 102. The Hall–Kier alpha value is -8.94. The Kier molecular flexibility index (Phi) is 17.4. The van der Waals surface area contributed by atoms with E-state index in [4.69, 9.17) is 41.9 Å². The van der Waals surface area contributed by atoms with Crippen LogP contribution in [0, 0.1) is 0 Å². The molecule has 0 aromatic heterocycles. The van der Waals surface area contributed by atoms with Gasteiger partial charge >= 0.3 is 36.4 Å². The number of hydrogen-bond acceptors (Lipinski definition) is 14. The lowest BCUT2D eigenvalue weighted by Gasteiger charge is -2.09. The van der Waals surface area contributed by atoms with Gasteiger partial charge in [0.05, 0.1) is 11.1 Å². The molecule has 0 amide bonds. The quantitative estimate of drug-likeness (QED) is 0.0247. The van der Waals surface area contributed by atoms with E-state index in [1.54, 1.807) is 60.7 Å². The molecule has 0 atom stereocenters. The fourth-order valence-corrected chi connectivity index (χ4v) is 5.66. The maximum Gasteiger partial charge on any atom is 0.573 e. The minimum Gasteiger partial charge on any atom is -0.484 e. The molecule has 8 N–H and O–H groups in total. The predicted molar refractivity (Wildman–Crippen MR) is 242 cm³/mol. The molecule has 0 aliphatic heterocycles. The first kappa shape index (κ1) is 51.1. The zero-order valence-corrected chi connectivity index (χ0v) is 35.8. The molecule has 69 heavy (non-hydrogen) atoms. The molecule has 0 saturated carbocycles. The lowest BCUT2D eigenvalue weighted by Crippen LogP contribution is -2.19. The molecule has 6 aromatic rings. The minimum atomic E-state index is -4.82. The molecule has 6 aromatic carbocycles. The van der Waals surface area contributed by atoms with Gasteiger partial charge in [0, 0.05) is 34.9 Å². The summed E-state index contributed by atoms with van der Waals surface area (Å²) in [6, 6.07) is 31.7. The fourth-order valence-electron chi connectivity index (χ4n) is 5.66. The van der Waals surface area contributed by atoms with E-state index in [2.05, 4.69) is 9.47 Å². The van der Waals surface area contributed by atoms with E-state index < -0.39 is 48.8 Å². The van der Waals surface area contributed by atoms with E-state index in [1.165, 1.54) is 72.8 Å². The number of nitrogen functional groups attached to an aromatic ring is 4. The van der Waals surface area contributed by atoms with Crippen LogP contribution in [0.15, 0.2) is 146 Å². The maximum atomic E-state index is 12.2. The monoisotopic (exact) mass is 958 g/mol. The Morgan fingerprint density at radius 2 is 0.812 bits per heavy atom. The molecule has 0 heterocycles. The van der Waals surface area contributed by atoms with Crippen LogP contribution in [0.4, 0.5) is 49.1 Å². The van der Waals surface area contributed by atoms with E-state index in [1.807, 2.05) is 0 Å². The second-order valence-electron chi connectivity index (χ2n) is 14.3. The van der Waals surface area contributed by atoms with Gasteiger partial charge in [-0.15, -0.1) is 13.2 Å². The van der Waals surface area contributed by atoms with Gasteiger partial charge in [-0.25, -0.2) is 19.2 Å². The molecular weight excluding hydrogens is 919 g/mol. The summed E-state index contributed by atoms with van der Waals surface area (Å²) in [6.07, 6.45) is -3.74. The number of ether oxygens (including phenoxy) is 6. The molecule has 0 aliphatic rings. The summed E-state index contributed by atoms with van der Waals surface area (Å²) >= 11 is 0. The standard InChI is InChI=1S/C25H21F3N2O5.C24H19F3N2O5/c26-25(27,28)15-34-21-8-4-18(5-9-21)24(32)35-22-6-1-16(2-7-22)3-10-23(31)33-14-17-11-19(29)13-20(30)12-17;25-24(26,27)34-21-8-4-17(5-9-21)23(31)33-20-6-1-15(2-7-20)3-10-22(30)32-14-16-11-18(28)13-19(29)12-16/h1-13H,14-15,29-30H2;1-13H,14,28-29H2/b2*10-3+. The van der Waals surface area contributed by atoms with Crippen molar-refractivity contribution in [1.29, 1.82) is 0 Å². The van der Waals surface area contributed by atoms with Crippen molar-refractivity contribution in [2.24, 2.45) is 0 Å². The fraction of sp³-hybridized carbons (Fsp3) is 0.102. The number of benzene rings is 6. The lowest BCUT2D eigenvalue weighted by atomic mass is 10.2. The van der Waals surface area contributed by atoms with Crippen molar-refractivity contribution in [2.75, 3.05) is 29.5 Å². The van der Waals surface area contributed by atoms with Gasteiger partial charge in [-0.2, -0.15) is 13.2 Å². The second-order valence-corrected chi connectivity index (χ2v) is 14.3. The van der Waals surface area contributed by atoms with Crippen LogP contribution in [0.25, 0.3) is 12.2 Å². The Labute approximate surface area is 389 Å². The van der Waals surface area contributed by atoms with Crippen molar-refractivity contribution in [2.45, 2.75) is 25.8 Å². The molecule has 0 bridgehead atoms. The summed E-state index contributed by atoms with van der Waals surface area (Å²) in [4.78, 5) is 48.3. The summed E-state index contributed by atoms with van der Waals surface area (Å²) in [7, 11) is 0. The van der Waals surface area contributed by atoms with Crippen LogP contribution in [0.3, 0.4) is 0 Å². The third kappa shape index (κ3) is 18.5. The first-order valence-corrected chi connectivity index (χ1v) is 19.9. The number of halogens is 6. The Bertz CT molecular complexity index is 2740. The average molecular weight is 959 g/mol. The Morgan fingerprint density at radius 1 is 0.464 bits per heavy atom.